The van der Waals surface area contributed by atoms with Crippen molar-refractivity contribution in [3.8, 4) is 0 Å². The molecule has 0 unspecified atom stereocenters. The average molecular weight is 308 g/mol. The van der Waals surface area contributed by atoms with Gasteiger partial charge in [0.25, 0.3) is 0 Å². The summed E-state index contributed by atoms with van der Waals surface area (Å²) in [5.41, 5.74) is 1.95. The topological polar surface area (TPSA) is 29.1 Å². The fourth-order valence-corrected chi connectivity index (χ4v) is 3.31. The van der Waals surface area contributed by atoms with Crippen molar-refractivity contribution in [2.75, 3.05) is 5.32 Å². The first-order valence-electron chi connectivity index (χ1n) is 8.18. The molecular formula is C18H26ClNO. The fourth-order valence-electron chi connectivity index (χ4n) is 3.13. The van der Waals surface area contributed by atoms with Crippen LogP contribution in [0.15, 0.2) is 24.3 Å². The third-order valence-electron chi connectivity index (χ3n) is 4.56. The van der Waals surface area contributed by atoms with Gasteiger partial charge < -0.3 is 5.32 Å². The Labute approximate surface area is 133 Å². The van der Waals surface area contributed by atoms with Crippen LogP contribution in [0.1, 0.15) is 57.4 Å². The van der Waals surface area contributed by atoms with E-state index in [2.05, 4.69) is 12.2 Å². The van der Waals surface area contributed by atoms with Gasteiger partial charge in [0.05, 0.1) is 0 Å². The van der Waals surface area contributed by atoms with E-state index >= 15 is 0 Å². The normalized spacial score (nSPS) is 22.0. The van der Waals surface area contributed by atoms with Crippen LogP contribution >= 0.6 is 11.6 Å². The third kappa shape index (κ3) is 5.03. The number of carbonyl (C=O) groups excluding carboxylic acids is 1. The minimum Gasteiger partial charge on any atom is -0.326 e. The molecule has 1 aliphatic carbocycles. The van der Waals surface area contributed by atoms with Gasteiger partial charge in [-0.25, -0.2) is 0 Å². The van der Waals surface area contributed by atoms with Crippen LogP contribution in [-0.4, -0.2) is 5.91 Å². The Kier molecular flexibility index (Phi) is 6.56. The molecule has 116 valence electrons. The Morgan fingerprint density at radius 2 is 1.86 bits per heavy atom. The van der Waals surface area contributed by atoms with Gasteiger partial charge in [0, 0.05) is 17.5 Å². The highest BCUT2D eigenvalue weighted by Crippen LogP contribution is 2.32. The molecule has 0 radical (unpaired) electrons. The molecule has 2 nitrogen and oxygen atoms in total. The van der Waals surface area contributed by atoms with Gasteiger partial charge in [0.2, 0.25) is 5.91 Å². The Morgan fingerprint density at radius 3 is 2.43 bits per heavy atom. The van der Waals surface area contributed by atoms with Crippen molar-refractivity contribution >= 4 is 23.2 Å². The van der Waals surface area contributed by atoms with Gasteiger partial charge in [-0.15, -0.1) is 11.6 Å². The van der Waals surface area contributed by atoms with Crippen LogP contribution < -0.4 is 5.32 Å². The molecule has 2 rings (SSSR count). The molecule has 1 aromatic carbocycles. The lowest BCUT2D eigenvalue weighted by atomic mass is 9.79. The maximum Gasteiger partial charge on any atom is 0.227 e. The molecule has 0 atom stereocenters. The van der Waals surface area contributed by atoms with Crippen LogP contribution in [0.4, 0.5) is 5.69 Å². The largest absolute Gasteiger partial charge is 0.326 e. The van der Waals surface area contributed by atoms with E-state index in [1.165, 1.54) is 32.1 Å². The smallest absolute Gasteiger partial charge is 0.227 e. The van der Waals surface area contributed by atoms with Crippen molar-refractivity contribution in [1.82, 2.24) is 0 Å². The van der Waals surface area contributed by atoms with E-state index in [4.69, 9.17) is 11.6 Å². The Hall–Kier alpha value is -1.02. The number of hydrogen-bond donors (Lipinski definition) is 1. The number of rotatable bonds is 6. The third-order valence-corrected chi connectivity index (χ3v) is 4.87. The minimum absolute atomic E-state index is 0.183. The Morgan fingerprint density at radius 1 is 1.19 bits per heavy atom. The van der Waals surface area contributed by atoms with Crippen molar-refractivity contribution < 1.29 is 4.79 Å². The number of hydrogen-bond acceptors (Lipinski definition) is 1. The van der Waals surface area contributed by atoms with Gasteiger partial charge in [-0.05, 0) is 49.3 Å². The minimum atomic E-state index is 0.183. The van der Waals surface area contributed by atoms with E-state index in [9.17, 15) is 4.79 Å². The standard InChI is InChI=1S/C18H26ClNO/c1-2-3-4-14-5-9-16(10-6-14)18(21)20-17-11-7-15(13-19)8-12-17/h7-8,11-12,14,16H,2-6,9-10,13H2,1H3,(H,20,21). The molecule has 1 aliphatic rings. The van der Waals surface area contributed by atoms with Crippen molar-refractivity contribution in [1.29, 1.82) is 0 Å². The van der Waals surface area contributed by atoms with Crippen LogP contribution in [-0.2, 0) is 10.7 Å². The van der Waals surface area contributed by atoms with Crippen LogP contribution in [0.25, 0.3) is 0 Å². The predicted molar refractivity (Wildman–Crippen MR) is 89.6 cm³/mol. The second-order valence-electron chi connectivity index (χ2n) is 6.18. The number of halogens is 1. The molecule has 0 aromatic heterocycles. The number of anilines is 1. The molecule has 21 heavy (non-hydrogen) atoms. The van der Waals surface area contributed by atoms with Crippen molar-refractivity contribution in [2.24, 2.45) is 11.8 Å². The second kappa shape index (κ2) is 8.43. The van der Waals surface area contributed by atoms with Crippen molar-refractivity contribution in [3.05, 3.63) is 29.8 Å². The number of carbonyl (C=O) groups is 1. The van der Waals surface area contributed by atoms with Gasteiger partial charge in [-0.1, -0.05) is 38.3 Å². The van der Waals surface area contributed by atoms with E-state index in [-0.39, 0.29) is 11.8 Å². The molecule has 1 N–H and O–H groups in total. The Bertz CT molecular complexity index is 435. The maximum atomic E-state index is 12.3. The molecule has 0 saturated heterocycles. The monoisotopic (exact) mass is 307 g/mol. The van der Waals surface area contributed by atoms with Gasteiger partial charge in [-0.2, -0.15) is 0 Å². The van der Waals surface area contributed by atoms with Gasteiger partial charge in [0.15, 0.2) is 0 Å². The lowest BCUT2D eigenvalue weighted by Crippen LogP contribution is -2.27. The van der Waals surface area contributed by atoms with E-state index in [1.807, 2.05) is 24.3 Å². The molecule has 0 spiro atoms. The van der Waals surface area contributed by atoms with Crippen molar-refractivity contribution in [3.63, 3.8) is 0 Å². The summed E-state index contributed by atoms with van der Waals surface area (Å²) >= 11 is 5.77. The maximum absolute atomic E-state index is 12.3. The summed E-state index contributed by atoms with van der Waals surface area (Å²) in [6, 6.07) is 7.79. The second-order valence-corrected chi connectivity index (χ2v) is 6.45. The van der Waals surface area contributed by atoms with Crippen molar-refractivity contribution in [2.45, 2.75) is 57.7 Å². The molecule has 0 heterocycles. The predicted octanol–water partition coefficient (Wildman–Crippen LogP) is 5.36. The van der Waals surface area contributed by atoms with Crippen LogP contribution in [0, 0.1) is 11.8 Å². The summed E-state index contributed by atoms with van der Waals surface area (Å²) in [6.07, 6.45) is 8.45. The highest BCUT2D eigenvalue weighted by atomic mass is 35.5. The molecule has 1 saturated carbocycles. The molecular weight excluding hydrogens is 282 g/mol. The zero-order valence-corrected chi connectivity index (χ0v) is 13.7. The number of unbranched alkanes of at least 4 members (excludes halogenated alkanes) is 1. The molecule has 1 amide bonds. The summed E-state index contributed by atoms with van der Waals surface area (Å²) in [5, 5.41) is 3.04. The summed E-state index contributed by atoms with van der Waals surface area (Å²) < 4.78 is 0. The molecule has 1 fully saturated rings. The number of amides is 1. The van der Waals surface area contributed by atoms with E-state index < -0.39 is 0 Å². The van der Waals surface area contributed by atoms with Gasteiger partial charge in [-0.3, -0.25) is 4.79 Å². The zero-order valence-electron chi connectivity index (χ0n) is 12.9. The summed E-state index contributed by atoms with van der Waals surface area (Å²) in [7, 11) is 0. The number of nitrogens with one attached hydrogen (secondary N) is 1. The van der Waals surface area contributed by atoms with Crippen LogP contribution in [0.2, 0.25) is 0 Å². The Balaban J connectivity index is 1.78. The number of alkyl halides is 1. The van der Waals surface area contributed by atoms with E-state index in [0.29, 0.717) is 5.88 Å². The highest BCUT2D eigenvalue weighted by molar-refractivity contribution is 6.17. The first-order valence-corrected chi connectivity index (χ1v) is 8.72. The fraction of sp³-hybridized carbons (Fsp3) is 0.611. The SMILES string of the molecule is CCCCC1CCC(C(=O)Nc2ccc(CCl)cc2)CC1. The van der Waals surface area contributed by atoms with E-state index in [0.717, 1.165) is 30.0 Å². The molecule has 1 aromatic rings. The highest BCUT2D eigenvalue weighted by Gasteiger charge is 2.25. The molecule has 0 aliphatic heterocycles. The lowest BCUT2D eigenvalue weighted by Gasteiger charge is -2.27. The lowest BCUT2D eigenvalue weighted by molar-refractivity contribution is -0.121. The zero-order chi connectivity index (χ0) is 15.1. The molecule has 3 heteroatoms. The average Bonchev–Trinajstić information content (AvgIpc) is 2.54. The van der Waals surface area contributed by atoms with Gasteiger partial charge >= 0.3 is 0 Å². The first kappa shape index (κ1) is 16.4. The molecule has 0 bridgehead atoms. The number of benzene rings is 1. The summed E-state index contributed by atoms with van der Waals surface area (Å²) in [4.78, 5) is 12.3. The quantitative estimate of drug-likeness (QED) is 0.704. The van der Waals surface area contributed by atoms with Gasteiger partial charge in [0.1, 0.15) is 0 Å². The summed E-state index contributed by atoms with van der Waals surface area (Å²) in [6.45, 7) is 2.24. The van der Waals surface area contributed by atoms with Crippen LogP contribution in [0.3, 0.4) is 0 Å². The first-order chi connectivity index (χ1) is 10.2. The van der Waals surface area contributed by atoms with E-state index in [1.54, 1.807) is 0 Å². The van der Waals surface area contributed by atoms with Crippen LogP contribution in [0.5, 0.6) is 0 Å². The summed E-state index contributed by atoms with van der Waals surface area (Å²) in [5.74, 6) is 1.73.